The van der Waals surface area contributed by atoms with Crippen LogP contribution in [0.4, 0.5) is 5.69 Å². The molecular weight excluding hydrogens is 566 g/mol. The van der Waals surface area contributed by atoms with Gasteiger partial charge in [0.2, 0.25) is 11.8 Å². The smallest absolute Gasteiger partial charge is 0.264 e. The van der Waals surface area contributed by atoms with E-state index in [4.69, 9.17) is 21.1 Å². The summed E-state index contributed by atoms with van der Waals surface area (Å²) < 4.78 is 40.2. The Labute approximate surface area is 247 Å². The van der Waals surface area contributed by atoms with E-state index in [-0.39, 0.29) is 29.6 Å². The van der Waals surface area contributed by atoms with E-state index in [1.165, 1.54) is 29.2 Å². The Balaban J connectivity index is 2.11. The van der Waals surface area contributed by atoms with E-state index in [0.717, 1.165) is 9.87 Å². The average molecular weight is 602 g/mol. The molecule has 3 aromatic carbocycles. The third-order valence-corrected chi connectivity index (χ3v) is 8.36. The number of hydrogen-bond donors (Lipinski definition) is 1. The van der Waals surface area contributed by atoms with Gasteiger partial charge in [0, 0.05) is 18.1 Å². The van der Waals surface area contributed by atoms with Crippen LogP contribution in [-0.2, 0) is 26.2 Å². The molecule has 0 bridgehead atoms. The number of carbonyl (C=O) groups is 2. The first-order chi connectivity index (χ1) is 19.7. The molecule has 0 saturated heterocycles. The van der Waals surface area contributed by atoms with Crippen LogP contribution in [0.2, 0.25) is 5.02 Å². The molecule has 41 heavy (non-hydrogen) atoms. The molecule has 11 heteroatoms. The summed E-state index contributed by atoms with van der Waals surface area (Å²) in [5.41, 5.74) is 0.923. The highest BCUT2D eigenvalue weighted by atomic mass is 35.5. The Morgan fingerprint density at radius 1 is 0.976 bits per heavy atom. The summed E-state index contributed by atoms with van der Waals surface area (Å²) in [5, 5.41) is 3.16. The van der Waals surface area contributed by atoms with Crippen molar-refractivity contribution in [2.24, 2.45) is 0 Å². The van der Waals surface area contributed by atoms with Crippen LogP contribution in [-0.4, -0.2) is 58.0 Å². The second-order valence-electron chi connectivity index (χ2n) is 9.06. The minimum atomic E-state index is -4.26. The average Bonchev–Trinajstić information content (AvgIpc) is 2.96. The van der Waals surface area contributed by atoms with E-state index in [2.05, 4.69) is 5.32 Å². The van der Waals surface area contributed by atoms with Crippen molar-refractivity contribution in [2.45, 2.75) is 44.7 Å². The summed E-state index contributed by atoms with van der Waals surface area (Å²) in [7, 11) is -2.72. The number of likely N-dealkylation sites (N-methyl/N-ethyl adjacent to an activating group) is 1. The zero-order valence-electron chi connectivity index (χ0n) is 23.7. The minimum Gasteiger partial charge on any atom is -0.497 e. The fourth-order valence-electron chi connectivity index (χ4n) is 4.37. The van der Waals surface area contributed by atoms with E-state index in [1.807, 2.05) is 6.07 Å². The summed E-state index contributed by atoms with van der Waals surface area (Å²) in [5.74, 6) is 0.0110. The Kier molecular flexibility index (Phi) is 11.4. The van der Waals surface area contributed by atoms with Gasteiger partial charge in [0.15, 0.2) is 0 Å². The standard InChI is InChI=1S/C30H36ClN3O6S/c1-5-26(30(36)32-6-2)33(20-22-11-10-12-24(19-22)39-4)29(35)21-34(27-13-8-9-14-28(27)40-7-3)41(37,38)25-17-15-23(31)16-18-25/h8-19,26H,5-7,20-21H2,1-4H3,(H,32,36). The van der Waals surface area contributed by atoms with E-state index >= 15 is 0 Å². The van der Waals surface area contributed by atoms with Gasteiger partial charge in [-0.15, -0.1) is 0 Å². The predicted octanol–water partition coefficient (Wildman–Crippen LogP) is 4.89. The Morgan fingerprint density at radius 3 is 2.32 bits per heavy atom. The lowest BCUT2D eigenvalue weighted by atomic mass is 10.1. The van der Waals surface area contributed by atoms with Gasteiger partial charge in [-0.05, 0) is 74.4 Å². The van der Waals surface area contributed by atoms with Crippen molar-refractivity contribution in [3.63, 3.8) is 0 Å². The molecule has 0 aliphatic rings. The normalized spacial score (nSPS) is 11.8. The molecule has 220 valence electrons. The number of sulfonamides is 1. The number of carbonyl (C=O) groups excluding carboxylic acids is 2. The predicted molar refractivity (Wildman–Crippen MR) is 160 cm³/mol. The molecule has 1 N–H and O–H groups in total. The molecule has 0 radical (unpaired) electrons. The monoisotopic (exact) mass is 601 g/mol. The van der Waals surface area contributed by atoms with Gasteiger partial charge in [-0.1, -0.05) is 42.8 Å². The van der Waals surface area contributed by atoms with Gasteiger partial charge in [-0.25, -0.2) is 8.42 Å². The zero-order chi connectivity index (χ0) is 30.0. The number of ether oxygens (including phenoxy) is 2. The van der Waals surface area contributed by atoms with Crippen LogP contribution in [0.1, 0.15) is 32.8 Å². The number of halogens is 1. The van der Waals surface area contributed by atoms with Crippen LogP contribution in [0.25, 0.3) is 0 Å². The number of para-hydroxylation sites is 2. The molecule has 0 saturated carbocycles. The number of nitrogens with one attached hydrogen (secondary N) is 1. The van der Waals surface area contributed by atoms with Crippen LogP contribution in [0, 0.1) is 0 Å². The molecular formula is C30H36ClN3O6S. The number of methoxy groups -OCH3 is 1. The molecule has 0 aromatic heterocycles. The topological polar surface area (TPSA) is 105 Å². The van der Waals surface area contributed by atoms with Crippen LogP contribution in [0.3, 0.4) is 0 Å². The number of anilines is 1. The van der Waals surface area contributed by atoms with E-state index in [9.17, 15) is 18.0 Å². The number of benzene rings is 3. The summed E-state index contributed by atoms with van der Waals surface area (Å²) in [6.07, 6.45) is 0.320. The van der Waals surface area contributed by atoms with Crippen molar-refractivity contribution in [3.05, 3.63) is 83.4 Å². The molecule has 0 fully saturated rings. The molecule has 2 amide bonds. The van der Waals surface area contributed by atoms with Gasteiger partial charge in [0.1, 0.15) is 24.1 Å². The summed E-state index contributed by atoms with van der Waals surface area (Å²) in [6, 6.07) is 18.7. The second-order valence-corrected chi connectivity index (χ2v) is 11.4. The lowest BCUT2D eigenvalue weighted by molar-refractivity contribution is -0.140. The van der Waals surface area contributed by atoms with Crippen molar-refractivity contribution in [1.29, 1.82) is 0 Å². The fourth-order valence-corrected chi connectivity index (χ4v) is 5.92. The Bertz CT molecular complexity index is 1430. The number of rotatable bonds is 14. The Hall–Kier alpha value is -3.76. The molecule has 0 aliphatic carbocycles. The van der Waals surface area contributed by atoms with Crippen molar-refractivity contribution >= 4 is 39.1 Å². The first-order valence-corrected chi connectivity index (χ1v) is 15.2. The third kappa shape index (κ3) is 7.92. The van der Waals surface area contributed by atoms with Gasteiger partial charge >= 0.3 is 0 Å². The van der Waals surface area contributed by atoms with Gasteiger partial charge in [0.05, 0.1) is 24.3 Å². The first kappa shape index (κ1) is 31.8. The number of amides is 2. The summed E-state index contributed by atoms with van der Waals surface area (Å²) in [4.78, 5) is 28.6. The molecule has 0 heterocycles. The highest BCUT2D eigenvalue weighted by molar-refractivity contribution is 7.92. The molecule has 1 atom stereocenters. The van der Waals surface area contributed by atoms with Crippen LogP contribution in [0.15, 0.2) is 77.7 Å². The van der Waals surface area contributed by atoms with E-state index in [0.29, 0.717) is 29.5 Å². The lowest BCUT2D eigenvalue weighted by Crippen LogP contribution is -2.52. The maximum absolute atomic E-state index is 14.1. The van der Waals surface area contributed by atoms with Crippen LogP contribution in [0.5, 0.6) is 11.5 Å². The molecule has 0 spiro atoms. The maximum Gasteiger partial charge on any atom is 0.264 e. The number of hydrogen-bond acceptors (Lipinski definition) is 6. The third-order valence-electron chi connectivity index (χ3n) is 6.34. The zero-order valence-corrected chi connectivity index (χ0v) is 25.2. The molecule has 3 aromatic rings. The molecule has 1 unspecified atom stereocenters. The van der Waals surface area contributed by atoms with Crippen molar-refractivity contribution < 1.29 is 27.5 Å². The van der Waals surface area contributed by atoms with Crippen molar-refractivity contribution in [2.75, 3.05) is 31.1 Å². The quantitative estimate of drug-likeness (QED) is 0.282. The van der Waals surface area contributed by atoms with Crippen molar-refractivity contribution in [3.8, 4) is 11.5 Å². The SMILES string of the molecule is CCNC(=O)C(CC)N(Cc1cccc(OC)c1)C(=O)CN(c1ccccc1OCC)S(=O)(=O)c1ccc(Cl)cc1. The molecule has 9 nitrogen and oxygen atoms in total. The van der Waals surface area contributed by atoms with E-state index < -0.39 is 28.5 Å². The largest absolute Gasteiger partial charge is 0.497 e. The number of nitrogens with zero attached hydrogens (tertiary/aromatic N) is 2. The summed E-state index contributed by atoms with van der Waals surface area (Å²) in [6.45, 7) is 5.55. The molecule has 0 aliphatic heterocycles. The van der Waals surface area contributed by atoms with Gasteiger partial charge in [-0.2, -0.15) is 0 Å². The van der Waals surface area contributed by atoms with Crippen LogP contribution < -0.4 is 19.1 Å². The Morgan fingerprint density at radius 2 is 1.68 bits per heavy atom. The van der Waals surface area contributed by atoms with Crippen LogP contribution >= 0.6 is 11.6 Å². The van der Waals surface area contributed by atoms with E-state index in [1.54, 1.807) is 70.3 Å². The second kappa shape index (κ2) is 14.7. The maximum atomic E-state index is 14.1. The first-order valence-electron chi connectivity index (χ1n) is 13.4. The highest BCUT2D eigenvalue weighted by Crippen LogP contribution is 2.33. The molecule has 3 rings (SSSR count). The minimum absolute atomic E-state index is 0.0453. The van der Waals surface area contributed by atoms with Crippen molar-refractivity contribution in [1.82, 2.24) is 10.2 Å². The highest BCUT2D eigenvalue weighted by Gasteiger charge is 2.34. The summed E-state index contributed by atoms with van der Waals surface area (Å²) >= 11 is 6.02. The fraction of sp³-hybridized carbons (Fsp3) is 0.333. The van der Waals surface area contributed by atoms with Gasteiger partial charge in [0.25, 0.3) is 10.0 Å². The van der Waals surface area contributed by atoms with Gasteiger partial charge < -0.3 is 19.7 Å². The lowest BCUT2D eigenvalue weighted by Gasteiger charge is -2.33. The van der Waals surface area contributed by atoms with Gasteiger partial charge in [-0.3, -0.25) is 13.9 Å².